The summed E-state index contributed by atoms with van der Waals surface area (Å²) in [7, 11) is 0. The van der Waals surface area contributed by atoms with Crippen molar-refractivity contribution in [2.75, 3.05) is 39.6 Å². The lowest BCUT2D eigenvalue weighted by Crippen LogP contribution is -2.30. The molecule has 10 aromatic rings. The Hall–Kier alpha value is -7.90. The minimum atomic E-state index is 0.207. The first-order valence-electron chi connectivity index (χ1n) is 30.8. The Morgan fingerprint density at radius 2 is 0.768 bits per heavy atom. The van der Waals surface area contributed by atoms with Gasteiger partial charge in [0.2, 0.25) is 0 Å². The van der Waals surface area contributed by atoms with Gasteiger partial charge in [-0.1, -0.05) is 84.9 Å². The molecule has 3 aliphatic carbocycles. The van der Waals surface area contributed by atoms with Crippen LogP contribution in [0, 0.1) is 0 Å². The lowest BCUT2D eigenvalue weighted by Gasteiger charge is -2.40. The van der Waals surface area contributed by atoms with E-state index in [1.807, 2.05) is 0 Å². The van der Waals surface area contributed by atoms with Crippen LogP contribution in [0.3, 0.4) is 0 Å². The average molecular weight is 1090 g/mol. The maximum atomic E-state index is 6.56. The molecule has 0 saturated carbocycles. The standard InChI is InChI=1S/C75H75NO6/c1-7-77-66-28-16-24-57-52-35-33-50-46(19-13-20-47(50)61(52)41-69(73(57)66)80-10-4)60-32-31-45-39-40-76(65-27-15-22-49-55(65)38-37-54-59-26-18-30-68(79-9-3)75(59)71(82-12-6)43-63(49)54)44-64(45)72(60)56-23-14-21-48-51(56)34-36-53-58-25-17-29-67(78-8-2)74(58)70(81-11-5)42-62(48)53/h16-18,24-26,28-43,46,56,65H,7-15,19-23,27,44H2,1-6H3. The van der Waals surface area contributed by atoms with E-state index < -0.39 is 0 Å². The van der Waals surface area contributed by atoms with Gasteiger partial charge in [0.1, 0.15) is 34.5 Å². The minimum Gasteiger partial charge on any atom is -0.493 e. The fourth-order valence-electron chi connectivity index (χ4n) is 15.6. The summed E-state index contributed by atoms with van der Waals surface area (Å²) in [5.74, 6) is 5.79. The van der Waals surface area contributed by atoms with Crippen molar-refractivity contribution in [3.8, 4) is 34.5 Å². The van der Waals surface area contributed by atoms with Crippen molar-refractivity contribution in [3.63, 3.8) is 0 Å². The van der Waals surface area contributed by atoms with Crippen molar-refractivity contribution in [1.82, 2.24) is 4.90 Å². The first-order valence-corrected chi connectivity index (χ1v) is 30.8. The fraction of sp³-hybridized carbons (Fsp3) is 0.333. The summed E-state index contributed by atoms with van der Waals surface area (Å²) in [6, 6.07) is 46.3. The summed E-state index contributed by atoms with van der Waals surface area (Å²) in [6.45, 7) is 16.8. The normalized spacial score (nSPS) is 17.5. The van der Waals surface area contributed by atoms with Crippen LogP contribution < -0.4 is 28.4 Å². The van der Waals surface area contributed by atoms with Gasteiger partial charge >= 0.3 is 0 Å². The van der Waals surface area contributed by atoms with Gasteiger partial charge in [0.05, 0.1) is 61.8 Å². The summed E-state index contributed by atoms with van der Waals surface area (Å²) in [6.07, 6.45) is 14.6. The minimum absolute atomic E-state index is 0.207. The predicted octanol–water partition coefficient (Wildman–Crippen LogP) is 18.8. The van der Waals surface area contributed by atoms with E-state index >= 15 is 0 Å². The Morgan fingerprint density at radius 1 is 0.366 bits per heavy atom. The lowest BCUT2D eigenvalue weighted by atomic mass is 9.69. The molecule has 7 nitrogen and oxygen atoms in total. The summed E-state index contributed by atoms with van der Waals surface area (Å²) in [5, 5.41) is 14.5. The number of aryl methyl sites for hydroxylation is 3. The first kappa shape index (κ1) is 52.2. The molecular weight excluding hydrogens is 1010 g/mol. The van der Waals surface area contributed by atoms with E-state index in [9.17, 15) is 0 Å². The third-order valence-corrected chi connectivity index (χ3v) is 18.7. The molecule has 7 heteroatoms. The van der Waals surface area contributed by atoms with Gasteiger partial charge in [-0.2, -0.15) is 0 Å². The summed E-state index contributed by atoms with van der Waals surface area (Å²) < 4.78 is 38.4. The second-order valence-electron chi connectivity index (χ2n) is 22.9. The molecule has 0 radical (unpaired) electrons. The van der Waals surface area contributed by atoms with Crippen LogP contribution in [0.1, 0.15) is 154 Å². The Labute approximate surface area is 482 Å². The molecule has 3 unspecified atom stereocenters. The monoisotopic (exact) mass is 1090 g/mol. The van der Waals surface area contributed by atoms with E-state index in [0.29, 0.717) is 39.6 Å². The highest BCUT2D eigenvalue weighted by molar-refractivity contribution is 6.16. The molecule has 1 heterocycles. The maximum absolute atomic E-state index is 6.56. The van der Waals surface area contributed by atoms with Gasteiger partial charge in [-0.25, -0.2) is 0 Å². The van der Waals surface area contributed by atoms with Crippen LogP contribution in [-0.4, -0.2) is 44.5 Å². The van der Waals surface area contributed by atoms with Gasteiger partial charge in [-0.3, -0.25) is 0 Å². The molecular formula is C75H75NO6. The van der Waals surface area contributed by atoms with E-state index in [0.717, 1.165) is 115 Å². The number of hydrogen-bond acceptors (Lipinski definition) is 7. The molecule has 0 amide bonds. The molecule has 0 N–H and O–H groups in total. The highest BCUT2D eigenvalue weighted by Gasteiger charge is 2.36. The summed E-state index contributed by atoms with van der Waals surface area (Å²) >= 11 is 0. The zero-order valence-electron chi connectivity index (χ0n) is 48.6. The van der Waals surface area contributed by atoms with Crippen LogP contribution in [-0.2, 0) is 25.8 Å². The Kier molecular flexibility index (Phi) is 13.9. The van der Waals surface area contributed by atoms with Crippen LogP contribution in [0.5, 0.6) is 34.5 Å². The predicted molar refractivity (Wildman–Crippen MR) is 338 cm³/mol. The Morgan fingerprint density at radius 3 is 1.24 bits per heavy atom. The van der Waals surface area contributed by atoms with E-state index in [1.54, 1.807) is 0 Å². The van der Waals surface area contributed by atoms with Crippen LogP contribution in [0.4, 0.5) is 0 Å². The zero-order valence-corrected chi connectivity index (χ0v) is 48.6. The van der Waals surface area contributed by atoms with Crippen LogP contribution in [0.15, 0.2) is 128 Å². The number of rotatable bonds is 15. The smallest absolute Gasteiger partial charge is 0.131 e. The molecule has 10 aromatic carbocycles. The molecule has 1 aliphatic heterocycles. The van der Waals surface area contributed by atoms with Gasteiger partial charge in [0.25, 0.3) is 0 Å². The van der Waals surface area contributed by atoms with Crippen molar-refractivity contribution < 1.29 is 28.4 Å². The topological polar surface area (TPSA) is 58.6 Å². The van der Waals surface area contributed by atoms with E-state index in [1.165, 1.54) is 104 Å². The third-order valence-electron chi connectivity index (χ3n) is 18.7. The highest BCUT2D eigenvalue weighted by Crippen LogP contribution is 2.53. The van der Waals surface area contributed by atoms with Crippen LogP contribution in [0.2, 0.25) is 0 Å². The van der Waals surface area contributed by atoms with Gasteiger partial charge in [0, 0.05) is 24.6 Å². The lowest BCUT2D eigenvalue weighted by molar-refractivity contribution is 0.243. The Bertz CT molecular complexity index is 4190. The van der Waals surface area contributed by atoms with Crippen molar-refractivity contribution in [2.24, 2.45) is 0 Å². The molecule has 3 atom stereocenters. The molecule has 416 valence electrons. The van der Waals surface area contributed by atoms with E-state index in [-0.39, 0.29) is 17.9 Å². The number of nitrogens with zero attached hydrogens (tertiary/aromatic N) is 1. The average Bonchev–Trinajstić information content (AvgIpc) is 3.15. The van der Waals surface area contributed by atoms with Crippen molar-refractivity contribution in [2.45, 2.75) is 124 Å². The molecule has 82 heavy (non-hydrogen) atoms. The number of fused-ring (bicyclic) bond motifs is 16. The van der Waals surface area contributed by atoms with Crippen LogP contribution in [0.25, 0.3) is 70.7 Å². The molecule has 14 rings (SSSR count). The van der Waals surface area contributed by atoms with E-state index in [2.05, 4.69) is 180 Å². The van der Waals surface area contributed by atoms with Crippen molar-refractivity contribution in [3.05, 3.63) is 183 Å². The van der Waals surface area contributed by atoms with Gasteiger partial charge < -0.3 is 33.3 Å². The van der Waals surface area contributed by atoms with Gasteiger partial charge in [-0.05, 0) is 246 Å². The largest absolute Gasteiger partial charge is 0.493 e. The maximum Gasteiger partial charge on any atom is 0.131 e. The fourth-order valence-corrected chi connectivity index (χ4v) is 15.6. The van der Waals surface area contributed by atoms with E-state index in [4.69, 9.17) is 28.4 Å². The Balaban J connectivity index is 0.947. The SMILES string of the molecule is CCOc1cccc2c1c(OCC)cc1c3c(ccc12)C(c1ccc2c(c1C1CCCc4c1ccc1c4cc(OCC)c4c(OCC)cccc41)CN(C1CCCc4c1ccc1c4cc(OCC)c4c(OCC)cccc41)C=C2)CCC3. The molecule has 0 fully saturated rings. The summed E-state index contributed by atoms with van der Waals surface area (Å²) in [5.41, 5.74) is 14.6. The van der Waals surface area contributed by atoms with Gasteiger partial charge in [0.15, 0.2) is 0 Å². The number of hydrogen-bond donors (Lipinski definition) is 0. The molecule has 0 bridgehead atoms. The molecule has 0 aromatic heterocycles. The quantitative estimate of drug-likeness (QED) is 0.0948. The molecule has 0 saturated heterocycles. The number of benzene rings is 10. The van der Waals surface area contributed by atoms with Gasteiger partial charge in [-0.15, -0.1) is 0 Å². The van der Waals surface area contributed by atoms with Crippen molar-refractivity contribution in [1.29, 1.82) is 0 Å². The zero-order chi connectivity index (χ0) is 55.6. The summed E-state index contributed by atoms with van der Waals surface area (Å²) in [4.78, 5) is 2.71. The highest BCUT2D eigenvalue weighted by atomic mass is 16.5. The second kappa shape index (κ2) is 21.8. The van der Waals surface area contributed by atoms with Crippen molar-refractivity contribution >= 4 is 70.7 Å². The molecule has 4 aliphatic rings. The number of ether oxygens (including phenoxy) is 6. The molecule has 0 spiro atoms. The van der Waals surface area contributed by atoms with Crippen LogP contribution >= 0.6 is 0 Å². The second-order valence-corrected chi connectivity index (χ2v) is 22.9. The first-order chi connectivity index (χ1) is 40.4. The third kappa shape index (κ3) is 8.50.